The van der Waals surface area contributed by atoms with E-state index in [0.29, 0.717) is 29.9 Å². The Morgan fingerprint density at radius 3 is 2.11 bits per heavy atom. The largest absolute Gasteiger partial charge is 0.457 e. The standard InChI is InChI=1S/C34H49F2NO10/c1-21(39)30(41)27(20-45-34-33(44)32(43)31(42)28(19-38)47-34)37-29(40)11-9-7-5-3-2-4-6-8-10-22-12-15-25(18-26(22)36)46-24-16-13-23(35)14-17-24/h12-18,21,27-28,30-34,38-39,41-44H,2-11,19-20H2,1H3,(H,37,40)/t21-,27+,28?,30-,31+,32?,33?,34+/m1/s1. The molecule has 0 radical (unpaired) electrons. The van der Waals surface area contributed by atoms with E-state index in [1.807, 2.05) is 0 Å². The maximum Gasteiger partial charge on any atom is 0.220 e. The SMILES string of the molecule is C[C@@H](O)[C@@H](O)[C@H](CO[C@H]1OC(CO)[C@H](O)C(O)C1O)NC(=O)CCCCCCCCCCc1ccc(Oc2ccc(F)cc2)cc1F. The van der Waals surface area contributed by atoms with E-state index in [9.17, 15) is 44.2 Å². The van der Waals surface area contributed by atoms with Crippen molar-refractivity contribution in [2.75, 3.05) is 13.2 Å². The number of hydrogen-bond acceptors (Lipinski definition) is 10. The third-order valence-corrected chi connectivity index (χ3v) is 8.22. The molecule has 0 aromatic heterocycles. The first-order valence-electron chi connectivity index (χ1n) is 16.3. The van der Waals surface area contributed by atoms with Crippen molar-refractivity contribution in [1.82, 2.24) is 5.32 Å². The molecule has 1 fully saturated rings. The van der Waals surface area contributed by atoms with Crippen LogP contribution in [0.25, 0.3) is 0 Å². The zero-order chi connectivity index (χ0) is 34.3. The lowest BCUT2D eigenvalue weighted by Crippen LogP contribution is -2.60. The second-order valence-electron chi connectivity index (χ2n) is 12.1. The quantitative estimate of drug-likeness (QED) is 0.104. The summed E-state index contributed by atoms with van der Waals surface area (Å²) in [5.41, 5.74) is 0.624. The molecule has 3 rings (SSSR count). The summed E-state index contributed by atoms with van der Waals surface area (Å²) in [6.07, 6.45) is -1.94. The van der Waals surface area contributed by atoms with Gasteiger partial charge in [0.05, 0.1) is 25.4 Å². The molecule has 0 saturated carbocycles. The lowest BCUT2D eigenvalue weighted by Gasteiger charge is -2.40. The van der Waals surface area contributed by atoms with Gasteiger partial charge in [-0.2, -0.15) is 0 Å². The summed E-state index contributed by atoms with van der Waals surface area (Å²) in [5, 5.41) is 62.2. The average molecular weight is 670 g/mol. The van der Waals surface area contributed by atoms with Gasteiger partial charge in [-0.05, 0) is 62.1 Å². The third-order valence-electron chi connectivity index (χ3n) is 8.22. The number of nitrogens with one attached hydrogen (secondary N) is 1. The van der Waals surface area contributed by atoms with Crippen LogP contribution in [-0.4, -0.2) is 98.7 Å². The van der Waals surface area contributed by atoms with Crippen molar-refractivity contribution in [3.63, 3.8) is 0 Å². The smallest absolute Gasteiger partial charge is 0.220 e. The van der Waals surface area contributed by atoms with E-state index in [1.54, 1.807) is 12.1 Å². The van der Waals surface area contributed by atoms with Crippen molar-refractivity contribution in [2.24, 2.45) is 0 Å². The van der Waals surface area contributed by atoms with Crippen LogP contribution in [0.4, 0.5) is 8.78 Å². The van der Waals surface area contributed by atoms with Gasteiger partial charge in [-0.3, -0.25) is 4.79 Å². The van der Waals surface area contributed by atoms with E-state index in [4.69, 9.17) is 14.2 Å². The Bertz CT molecular complexity index is 1200. The zero-order valence-electron chi connectivity index (χ0n) is 26.7. The van der Waals surface area contributed by atoms with Gasteiger partial charge in [0, 0.05) is 12.5 Å². The van der Waals surface area contributed by atoms with Crippen molar-refractivity contribution >= 4 is 5.91 Å². The summed E-state index contributed by atoms with van der Waals surface area (Å²) in [5.74, 6) is -0.268. The van der Waals surface area contributed by atoms with Gasteiger partial charge < -0.3 is 50.2 Å². The van der Waals surface area contributed by atoms with Gasteiger partial charge in [-0.1, -0.05) is 44.6 Å². The Morgan fingerprint density at radius 2 is 1.49 bits per heavy atom. The van der Waals surface area contributed by atoms with Gasteiger partial charge in [0.25, 0.3) is 0 Å². The Balaban J connectivity index is 1.27. The molecule has 13 heteroatoms. The van der Waals surface area contributed by atoms with E-state index in [2.05, 4.69) is 5.32 Å². The first kappa shape index (κ1) is 38.7. The summed E-state index contributed by atoms with van der Waals surface area (Å²) < 4.78 is 43.9. The van der Waals surface area contributed by atoms with Crippen molar-refractivity contribution in [3.8, 4) is 11.5 Å². The fourth-order valence-corrected chi connectivity index (χ4v) is 5.34. The molecule has 264 valence electrons. The fourth-order valence-electron chi connectivity index (χ4n) is 5.34. The van der Waals surface area contributed by atoms with Crippen LogP contribution in [0.15, 0.2) is 42.5 Å². The van der Waals surface area contributed by atoms with E-state index >= 15 is 0 Å². The van der Waals surface area contributed by atoms with Crippen molar-refractivity contribution in [2.45, 2.75) is 120 Å². The molecule has 0 bridgehead atoms. The highest BCUT2D eigenvalue weighted by Crippen LogP contribution is 2.25. The Labute approximate surface area is 274 Å². The number of ether oxygens (including phenoxy) is 3. The molecule has 8 atom stereocenters. The third kappa shape index (κ3) is 12.7. The van der Waals surface area contributed by atoms with Crippen LogP contribution < -0.4 is 10.1 Å². The number of carbonyl (C=O) groups excluding carboxylic acids is 1. The summed E-state index contributed by atoms with van der Waals surface area (Å²) in [7, 11) is 0. The molecule has 7 N–H and O–H groups in total. The highest BCUT2D eigenvalue weighted by atomic mass is 19.1. The van der Waals surface area contributed by atoms with Crippen LogP contribution in [0.1, 0.15) is 70.3 Å². The molecular formula is C34H49F2NO10. The van der Waals surface area contributed by atoms with Gasteiger partial charge in [0.2, 0.25) is 5.91 Å². The second-order valence-corrected chi connectivity index (χ2v) is 12.1. The highest BCUT2D eigenvalue weighted by Gasteiger charge is 2.44. The number of unbranched alkanes of at least 4 members (excludes halogenated alkanes) is 7. The number of aliphatic hydroxyl groups is 6. The normalized spacial score (nSPS) is 23.2. The van der Waals surface area contributed by atoms with Gasteiger partial charge in [0.1, 0.15) is 53.7 Å². The predicted octanol–water partition coefficient (Wildman–Crippen LogP) is 2.85. The van der Waals surface area contributed by atoms with Crippen LogP contribution in [0, 0.1) is 11.6 Å². The fraction of sp³-hybridized carbons (Fsp3) is 0.618. The molecule has 2 aromatic carbocycles. The molecule has 0 spiro atoms. The number of halogens is 2. The Hall–Kier alpha value is -2.75. The summed E-state index contributed by atoms with van der Waals surface area (Å²) in [4.78, 5) is 12.6. The van der Waals surface area contributed by atoms with Crippen molar-refractivity contribution < 1.29 is 58.4 Å². The number of amides is 1. The number of aliphatic hydroxyl groups excluding tert-OH is 6. The summed E-state index contributed by atoms with van der Waals surface area (Å²) >= 11 is 0. The lowest BCUT2D eigenvalue weighted by atomic mass is 9.99. The maximum absolute atomic E-state index is 14.5. The lowest BCUT2D eigenvalue weighted by molar-refractivity contribution is -0.303. The highest BCUT2D eigenvalue weighted by molar-refractivity contribution is 5.76. The molecule has 1 heterocycles. The first-order chi connectivity index (χ1) is 22.5. The topological polar surface area (TPSA) is 178 Å². The van der Waals surface area contributed by atoms with E-state index in [-0.39, 0.29) is 30.6 Å². The van der Waals surface area contributed by atoms with Crippen molar-refractivity contribution in [3.05, 3.63) is 59.7 Å². The van der Waals surface area contributed by atoms with Crippen LogP contribution in [0.2, 0.25) is 0 Å². The molecular weight excluding hydrogens is 620 g/mol. The second kappa shape index (κ2) is 19.9. The molecule has 2 aromatic rings. The molecule has 1 aliphatic rings. The molecule has 1 amide bonds. The van der Waals surface area contributed by atoms with Crippen LogP contribution in [0.5, 0.6) is 11.5 Å². The molecule has 1 aliphatic heterocycles. The van der Waals surface area contributed by atoms with E-state index in [0.717, 1.165) is 44.9 Å². The van der Waals surface area contributed by atoms with E-state index in [1.165, 1.54) is 37.3 Å². The molecule has 47 heavy (non-hydrogen) atoms. The van der Waals surface area contributed by atoms with E-state index < -0.39 is 55.6 Å². The molecule has 0 aliphatic carbocycles. The minimum Gasteiger partial charge on any atom is -0.457 e. The number of hydrogen-bond donors (Lipinski definition) is 7. The monoisotopic (exact) mass is 669 g/mol. The minimum absolute atomic E-state index is 0.197. The number of aryl methyl sites for hydroxylation is 1. The van der Waals surface area contributed by atoms with Crippen molar-refractivity contribution in [1.29, 1.82) is 0 Å². The van der Waals surface area contributed by atoms with Gasteiger partial charge in [-0.15, -0.1) is 0 Å². The summed E-state index contributed by atoms with van der Waals surface area (Å²) in [6, 6.07) is 9.24. The number of carbonyl (C=O) groups is 1. The Morgan fingerprint density at radius 1 is 0.872 bits per heavy atom. The van der Waals surface area contributed by atoms with Gasteiger partial charge >= 0.3 is 0 Å². The van der Waals surface area contributed by atoms with Gasteiger partial charge in [-0.25, -0.2) is 8.78 Å². The molecule has 1 saturated heterocycles. The molecule has 11 nitrogen and oxygen atoms in total. The zero-order valence-corrected chi connectivity index (χ0v) is 26.7. The number of rotatable bonds is 20. The summed E-state index contributed by atoms with van der Waals surface area (Å²) in [6.45, 7) is 0.350. The Kier molecular flexibility index (Phi) is 16.4. The first-order valence-corrected chi connectivity index (χ1v) is 16.3. The number of benzene rings is 2. The predicted molar refractivity (Wildman–Crippen MR) is 167 cm³/mol. The maximum atomic E-state index is 14.5. The van der Waals surface area contributed by atoms with Crippen LogP contribution >= 0.6 is 0 Å². The van der Waals surface area contributed by atoms with Crippen LogP contribution in [0.3, 0.4) is 0 Å². The average Bonchev–Trinajstić information content (AvgIpc) is 3.05. The molecule has 3 unspecified atom stereocenters. The minimum atomic E-state index is -1.63. The van der Waals surface area contributed by atoms with Crippen LogP contribution in [-0.2, 0) is 20.7 Å². The van der Waals surface area contributed by atoms with Gasteiger partial charge in [0.15, 0.2) is 6.29 Å².